The summed E-state index contributed by atoms with van der Waals surface area (Å²) in [6.07, 6.45) is -8.88. The van der Waals surface area contributed by atoms with E-state index in [0.717, 1.165) is 15.5 Å². The summed E-state index contributed by atoms with van der Waals surface area (Å²) in [5.41, 5.74) is -0.834. The molecule has 0 saturated heterocycles. The van der Waals surface area contributed by atoms with E-state index < -0.39 is 47.3 Å². The fraction of sp³-hybridized carbons (Fsp3) is 0.324. The van der Waals surface area contributed by atoms with Crippen molar-refractivity contribution < 1.29 is 40.6 Å². The average molecular weight is 683 g/mol. The lowest BCUT2D eigenvalue weighted by Crippen LogP contribution is -2.27. The Kier molecular flexibility index (Phi) is 8.37. The molecule has 3 aromatic carbocycles. The molecule has 6 rings (SSSR count). The lowest BCUT2D eigenvalue weighted by Gasteiger charge is -2.30. The molecule has 0 saturated carbocycles. The zero-order valence-corrected chi connectivity index (χ0v) is 27.3. The van der Waals surface area contributed by atoms with E-state index in [2.05, 4.69) is 0 Å². The molecule has 6 nitrogen and oxygen atoms in total. The van der Waals surface area contributed by atoms with Crippen LogP contribution in [0.15, 0.2) is 65.6 Å². The van der Waals surface area contributed by atoms with E-state index >= 15 is 0 Å². The molecule has 2 aromatic heterocycles. The van der Waals surface area contributed by atoms with Gasteiger partial charge in [0.2, 0.25) is 0 Å². The van der Waals surface area contributed by atoms with Gasteiger partial charge in [-0.2, -0.15) is 26.3 Å². The second kappa shape index (κ2) is 12.0. The molecular weight excluding hydrogens is 650 g/mol. The minimum atomic E-state index is -5.06. The summed E-state index contributed by atoms with van der Waals surface area (Å²) in [6.45, 7) is 8.43. The van der Waals surface area contributed by atoms with Gasteiger partial charge in [0.1, 0.15) is 11.9 Å². The largest absolute Gasteiger partial charge is 0.493 e. The summed E-state index contributed by atoms with van der Waals surface area (Å²) >= 11 is 0. The van der Waals surface area contributed by atoms with Crippen molar-refractivity contribution in [2.75, 3.05) is 6.61 Å². The number of hydrogen-bond acceptors (Lipinski definition) is 5. The quantitative estimate of drug-likeness (QED) is 0.167. The summed E-state index contributed by atoms with van der Waals surface area (Å²) < 4.78 is 95.8. The Bertz CT molecular complexity index is 2150. The monoisotopic (exact) mass is 682 g/mol. The van der Waals surface area contributed by atoms with Gasteiger partial charge in [0.25, 0.3) is 5.56 Å². The molecule has 0 aliphatic carbocycles. The standard InChI is InChI=1S/C37H32F6N2O4/c1-19-14-27-25(7-9-29(47)45(27)18-21-15-23(36(38,39)40)17-24(16-21)37(41,42)43)32(30(19)34(20(2)46)49-35(3,4)5)26-6-8-28-31-22(11-13-48-28)10-12-44-33(26)31/h6-10,12,14-17,34H,11,13,18H2,1-5H3/t34-/m1/s1. The highest BCUT2D eigenvalue weighted by Gasteiger charge is 2.37. The summed E-state index contributed by atoms with van der Waals surface area (Å²) in [5, 5.41) is 1.20. The second-order valence-electron chi connectivity index (χ2n) is 13.2. The van der Waals surface area contributed by atoms with Gasteiger partial charge in [0.05, 0.1) is 40.9 Å². The van der Waals surface area contributed by atoms with Gasteiger partial charge in [-0.3, -0.25) is 14.6 Å². The number of benzene rings is 3. The molecule has 0 spiro atoms. The van der Waals surface area contributed by atoms with E-state index in [-0.39, 0.29) is 22.9 Å². The Labute approximate surface area is 277 Å². The fourth-order valence-electron chi connectivity index (χ4n) is 6.47. The number of fused-ring (bicyclic) bond motifs is 1. The van der Waals surface area contributed by atoms with Crippen LogP contribution in [0.3, 0.4) is 0 Å². The third kappa shape index (κ3) is 6.53. The van der Waals surface area contributed by atoms with Gasteiger partial charge in [0, 0.05) is 35.0 Å². The molecule has 12 heteroatoms. The maximum atomic E-state index is 13.7. The Morgan fingerprint density at radius 3 is 2.24 bits per heavy atom. The van der Waals surface area contributed by atoms with E-state index in [9.17, 15) is 35.9 Å². The number of carbonyl (C=O) groups excluding carboxylic acids is 1. The molecular formula is C37H32F6N2O4. The maximum absolute atomic E-state index is 13.7. The molecule has 0 radical (unpaired) electrons. The van der Waals surface area contributed by atoms with E-state index in [0.29, 0.717) is 64.1 Å². The molecule has 256 valence electrons. The van der Waals surface area contributed by atoms with Gasteiger partial charge in [-0.25, -0.2) is 0 Å². The van der Waals surface area contributed by atoms with Crippen LogP contribution in [0.2, 0.25) is 0 Å². The summed E-state index contributed by atoms with van der Waals surface area (Å²) in [7, 11) is 0. The topological polar surface area (TPSA) is 70.4 Å². The number of Topliss-reactive ketones (excluding diaryl/α,β-unsaturated/α-hetero) is 1. The number of carbonyl (C=O) groups is 1. The summed E-state index contributed by atoms with van der Waals surface area (Å²) in [4.78, 5) is 31.4. The molecule has 0 amide bonds. The van der Waals surface area contributed by atoms with E-state index in [1.165, 1.54) is 13.0 Å². The average Bonchev–Trinajstić information content (AvgIpc) is 3.00. The zero-order valence-electron chi connectivity index (χ0n) is 27.3. The van der Waals surface area contributed by atoms with Crippen molar-refractivity contribution in [1.82, 2.24) is 9.55 Å². The molecule has 1 aliphatic rings. The van der Waals surface area contributed by atoms with Crippen LogP contribution in [0.25, 0.3) is 32.9 Å². The van der Waals surface area contributed by atoms with Crippen LogP contribution in [0, 0.1) is 6.92 Å². The number of alkyl halides is 6. The molecule has 3 heterocycles. The van der Waals surface area contributed by atoms with Crippen molar-refractivity contribution in [2.24, 2.45) is 0 Å². The van der Waals surface area contributed by atoms with Gasteiger partial charge >= 0.3 is 12.4 Å². The first kappa shape index (κ1) is 34.2. The van der Waals surface area contributed by atoms with Crippen molar-refractivity contribution in [3.05, 3.63) is 105 Å². The SMILES string of the molecule is CC(=O)[C@@H](OC(C)(C)C)c1c(C)cc2c(ccc(=O)n2Cc2cc(C(F)(F)F)cc(C(F)(F)F)c2)c1-c1ccc2c3c(ccnc13)CCO2. The third-order valence-electron chi connectivity index (χ3n) is 8.47. The molecule has 1 atom stereocenters. The van der Waals surface area contributed by atoms with Crippen LogP contribution in [-0.4, -0.2) is 27.5 Å². The number of aromatic nitrogens is 2. The minimum Gasteiger partial charge on any atom is -0.493 e. The number of hydrogen-bond donors (Lipinski definition) is 0. The van der Waals surface area contributed by atoms with Gasteiger partial charge in [0.15, 0.2) is 5.78 Å². The molecule has 0 fully saturated rings. The highest BCUT2D eigenvalue weighted by Crippen LogP contribution is 2.45. The number of rotatable bonds is 6. The second-order valence-corrected chi connectivity index (χ2v) is 13.2. The van der Waals surface area contributed by atoms with E-state index in [4.69, 9.17) is 14.5 Å². The first-order valence-electron chi connectivity index (χ1n) is 15.5. The van der Waals surface area contributed by atoms with Gasteiger partial charge < -0.3 is 14.0 Å². The maximum Gasteiger partial charge on any atom is 0.416 e. The molecule has 0 N–H and O–H groups in total. The molecule has 1 aliphatic heterocycles. The van der Waals surface area contributed by atoms with Crippen LogP contribution in [0.5, 0.6) is 5.75 Å². The Hall–Kier alpha value is -4.71. The summed E-state index contributed by atoms with van der Waals surface area (Å²) in [5.74, 6) is 0.331. The predicted octanol–water partition coefficient (Wildman–Crippen LogP) is 8.99. The zero-order chi connectivity index (χ0) is 35.6. The number of aryl methyl sites for hydroxylation is 1. The number of halogens is 6. The molecule has 0 bridgehead atoms. The van der Waals surface area contributed by atoms with Gasteiger partial charge in [-0.05, 0) is 111 Å². The molecule has 0 unspecified atom stereocenters. The molecule has 5 aromatic rings. The normalized spacial score (nSPS) is 14.3. The number of ether oxygens (including phenoxy) is 2. The lowest BCUT2D eigenvalue weighted by atomic mass is 9.85. The van der Waals surface area contributed by atoms with Crippen molar-refractivity contribution in [1.29, 1.82) is 0 Å². The van der Waals surface area contributed by atoms with Crippen molar-refractivity contribution in [2.45, 2.75) is 71.6 Å². The first-order chi connectivity index (χ1) is 22.8. The highest BCUT2D eigenvalue weighted by atomic mass is 19.4. The van der Waals surface area contributed by atoms with Crippen molar-refractivity contribution in [3.8, 4) is 16.9 Å². The highest BCUT2D eigenvalue weighted by molar-refractivity contribution is 6.08. The van der Waals surface area contributed by atoms with E-state index in [1.54, 1.807) is 37.4 Å². The number of nitrogens with zero attached hydrogens (tertiary/aromatic N) is 2. The van der Waals surface area contributed by atoms with Gasteiger partial charge in [-0.15, -0.1) is 0 Å². The Balaban J connectivity index is 1.69. The van der Waals surface area contributed by atoms with Crippen LogP contribution >= 0.6 is 0 Å². The van der Waals surface area contributed by atoms with Crippen LogP contribution in [-0.2, 0) is 34.8 Å². The smallest absolute Gasteiger partial charge is 0.416 e. The first-order valence-corrected chi connectivity index (χ1v) is 15.5. The third-order valence-corrected chi connectivity index (χ3v) is 8.47. The van der Waals surface area contributed by atoms with Crippen LogP contribution in [0.1, 0.15) is 67.2 Å². The van der Waals surface area contributed by atoms with Gasteiger partial charge in [-0.1, -0.05) is 0 Å². The Morgan fingerprint density at radius 2 is 1.63 bits per heavy atom. The predicted molar refractivity (Wildman–Crippen MR) is 173 cm³/mol. The van der Waals surface area contributed by atoms with E-state index in [1.807, 2.05) is 26.8 Å². The lowest BCUT2D eigenvalue weighted by molar-refractivity contribution is -0.143. The number of ketones is 1. The van der Waals surface area contributed by atoms with Crippen molar-refractivity contribution >= 4 is 27.6 Å². The Morgan fingerprint density at radius 1 is 0.959 bits per heavy atom. The minimum absolute atomic E-state index is 0.0512. The molecule has 49 heavy (non-hydrogen) atoms. The number of pyridine rings is 2. The summed E-state index contributed by atoms with van der Waals surface area (Å²) in [6, 6.07) is 11.1. The fourth-order valence-corrected chi connectivity index (χ4v) is 6.47. The van der Waals surface area contributed by atoms with Crippen LogP contribution < -0.4 is 10.3 Å². The van der Waals surface area contributed by atoms with Crippen molar-refractivity contribution in [3.63, 3.8) is 0 Å². The van der Waals surface area contributed by atoms with Crippen LogP contribution in [0.4, 0.5) is 26.3 Å².